The van der Waals surface area contributed by atoms with Crippen LogP contribution in [0, 0.1) is 17.8 Å². The lowest BCUT2D eigenvalue weighted by molar-refractivity contribution is -0.123. The van der Waals surface area contributed by atoms with E-state index in [1.54, 1.807) is 6.92 Å². The molecule has 2 atom stereocenters. The lowest BCUT2D eigenvalue weighted by Gasteiger charge is -2.38. The van der Waals surface area contributed by atoms with E-state index in [0.717, 1.165) is 37.8 Å². The van der Waals surface area contributed by atoms with Crippen molar-refractivity contribution in [2.24, 2.45) is 17.8 Å². The van der Waals surface area contributed by atoms with Gasteiger partial charge in [0.05, 0.1) is 0 Å². The van der Waals surface area contributed by atoms with E-state index < -0.39 is 0 Å². The van der Waals surface area contributed by atoms with Crippen molar-refractivity contribution in [3.05, 3.63) is 0 Å². The van der Waals surface area contributed by atoms with E-state index in [1.165, 1.54) is 6.42 Å². The molecule has 2 nitrogen and oxygen atoms in total. The van der Waals surface area contributed by atoms with Gasteiger partial charge in [0.15, 0.2) is 0 Å². The summed E-state index contributed by atoms with van der Waals surface area (Å²) in [6.45, 7) is 4.03. The number of carbonyl (C=O) groups is 1. The summed E-state index contributed by atoms with van der Waals surface area (Å²) in [5.74, 6) is 2.36. The van der Waals surface area contributed by atoms with Gasteiger partial charge in [0.2, 0.25) is 0 Å². The summed E-state index contributed by atoms with van der Waals surface area (Å²) in [5, 5.41) is 3.43. The summed E-state index contributed by atoms with van der Waals surface area (Å²) in [4.78, 5) is 11.2. The summed E-state index contributed by atoms with van der Waals surface area (Å²) in [5.41, 5.74) is 0. The maximum atomic E-state index is 11.2. The maximum absolute atomic E-state index is 11.2. The molecule has 2 bridgehead atoms. The third-order valence-corrected chi connectivity index (χ3v) is 3.34. The second-order valence-electron chi connectivity index (χ2n) is 4.40. The minimum Gasteiger partial charge on any atom is -0.316 e. The van der Waals surface area contributed by atoms with Crippen LogP contribution in [0.1, 0.15) is 26.2 Å². The maximum Gasteiger partial charge on any atom is 0.132 e. The van der Waals surface area contributed by atoms with E-state index >= 15 is 0 Å². The Kier molecular flexibility index (Phi) is 2.18. The molecule has 0 spiro atoms. The Morgan fingerprint density at radius 3 is 2.25 bits per heavy atom. The number of Topliss-reactive ketones (excluding diaryl/α,β-unsaturated/α-hetero) is 1. The number of hydrogen-bond donors (Lipinski definition) is 1. The second kappa shape index (κ2) is 3.17. The lowest BCUT2D eigenvalue weighted by Crippen LogP contribution is -2.42. The first-order valence-electron chi connectivity index (χ1n) is 4.97. The third-order valence-electron chi connectivity index (χ3n) is 3.34. The Morgan fingerprint density at radius 2 is 1.75 bits per heavy atom. The van der Waals surface area contributed by atoms with Crippen molar-refractivity contribution in [3.8, 4) is 0 Å². The van der Waals surface area contributed by atoms with Gasteiger partial charge in [-0.25, -0.2) is 0 Å². The van der Waals surface area contributed by atoms with Crippen molar-refractivity contribution in [1.82, 2.24) is 5.32 Å². The summed E-state index contributed by atoms with van der Waals surface area (Å²) >= 11 is 0. The van der Waals surface area contributed by atoms with Gasteiger partial charge in [-0.15, -0.1) is 0 Å². The number of rotatable bonds is 1. The molecule has 2 fully saturated rings. The molecule has 2 unspecified atom stereocenters. The fourth-order valence-corrected chi connectivity index (χ4v) is 2.72. The average molecular weight is 167 g/mol. The molecule has 1 aliphatic heterocycles. The molecule has 1 N–H and O–H groups in total. The van der Waals surface area contributed by atoms with Gasteiger partial charge < -0.3 is 5.32 Å². The highest BCUT2D eigenvalue weighted by molar-refractivity contribution is 5.78. The summed E-state index contributed by atoms with van der Waals surface area (Å²) in [6, 6.07) is 0. The number of hydrogen-bond acceptors (Lipinski definition) is 2. The first-order valence-corrected chi connectivity index (χ1v) is 4.97. The van der Waals surface area contributed by atoms with Crippen molar-refractivity contribution >= 4 is 5.78 Å². The quantitative estimate of drug-likeness (QED) is 0.636. The predicted octanol–water partition coefficient (Wildman–Crippen LogP) is 1.21. The van der Waals surface area contributed by atoms with E-state index in [2.05, 4.69) is 5.32 Å². The Labute approximate surface area is 73.7 Å². The van der Waals surface area contributed by atoms with Crippen LogP contribution in [0.4, 0.5) is 0 Å². The normalized spacial score (nSPS) is 40.9. The second-order valence-corrected chi connectivity index (χ2v) is 4.40. The van der Waals surface area contributed by atoms with Gasteiger partial charge in [-0.1, -0.05) is 0 Å². The standard InChI is InChI=1S/C10H17NO/c1-7(12)10-3-8-2-9(4-10)6-11-5-8/h8-11H,2-6H2,1H3. The number of ketones is 1. The number of carbonyl (C=O) groups excluding carboxylic acids is 1. The highest BCUT2D eigenvalue weighted by Gasteiger charge is 2.33. The van der Waals surface area contributed by atoms with Crippen LogP contribution in [0.2, 0.25) is 0 Å². The van der Waals surface area contributed by atoms with E-state index in [1.807, 2.05) is 0 Å². The number of nitrogens with one attached hydrogen (secondary N) is 1. The Morgan fingerprint density at radius 1 is 1.17 bits per heavy atom. The van der Waals surface area contributed by atoms with Crippen LogP contribution in [0.3, 0.4) is 0 Å². The molecule has 0 aromatic heterocycles. The SMILES string of the molecule is CC(=O)C1CC2CNCC(C2)C1. The molecule has 12 heavy (non-hydrogen) atoms. The fraction of sp³-hybridized carbons (Fsp3) is 0.900. The molecular weight excluding hydrogens is 150 g/mol. The van der Waals surface area contributed by atoms with Gasteiger partial charge in [-0.05, 0) is 51.1 Å². The molecule has 0 radical (unpaired) electrons. The Hall–Kier alpha value is -0.370. The molecule has 2 rings (SSSR count). The monoisotopic (exact) mass is 167 g/mol. The molecule has 0 aromatic carbocycles. The van der Waals surface area contributed by atoms with Crippen LogP contribution in [0.5, 0.6) is 0 Å². The van der Waals surface area contributed by atoms with Gasteiger partial charge in [-0.2, -0.15) is 0 Å². The summed E-state index contributed by atoms with van der Waals surface area (Å²) in [7, 11) is 0. The lowest BCUT2D eigenvalue weighted by atomic mass is 9.72. The molecule has 1 saturated carbocycles. The van der Waals surface area contributed by atoms with Crippen molar-refractivity contribution in [1.29, 1.82) is 0 Å². The first-order chi connectivity index (χ1) is 5.75. The van der Waals surface area contributed by atoms with E-state index in [9.17, 15) is 4.79 Å². The highest BCUT2D eigenvalue weighted by Crippen LogP contribution is 2.35. The molecule has 68 valence electrons. The van der Waals surface area contributed by atoms with Gasteiger partial charge >= 0.3 is 0 Å². The van der Waals surface area contributed by atoms with E-state index in [4.69, 9.17) is 0 Å². The van der Waals surface area contributed by atoms with Gasteiger partial charge in [-0.3, -0.25) is 4.79 Å². The van der Waals surface area contributed by atoms with Crippen molar-refractivity contribution < 1.29 is 4.79 Å². The van der Waals surface area contributed by atoms with Crippen molar-refractivity contribution in [2.45, 2.75) is 26.2 Å². The zero-order chi connectivity index (χ0) is 8.55. The van der Waals surface area contributed by atoms with E-state index in [-0.39, 0.29) is 0 Å². The molecule has 0 aromatic rings. The zero-order valence-electron chi connectivity index (χ0n) is 7.68. The van der Waals surface area contributed by atoms with Crippen LogP contribution < -0.4 is 5.32 Å². The van der Waals surface area contributed by atoms with Crippen molar-refractivity contribution in [3.63, 3.8) is 0 Å². The molecule has 1 heterocycles. The molecule has 1 aliphatic carbocycles. The topological polar surface area (TPSA) is 29.1 Å². The smallest absolute Gasteiger partial charge is 0.132 e. The van der Waals surface area contributed by atoms with Crippen molar-refractivity contribution in [2.75, 3.05) is 13.1 Å². The minimum absolute atomic E-state index is 0.385. The van der Waals surface area contributed by atoms with Crippen LogP contribution in [0.15, 0.2) is 0 Å². The Bertz CT molecular complexity index is 178. The van der Waals surface area contributed by atoms with Crippen LogP contribution in [-0.2, 0) is 4.79 Å². The molecular formula is C10H17NO. The molecule has 0 amide bonds. The molecule has 2 heteroatoms. The first kappa shape index (κ1) is 8.24. The predicted molar refractivity (Wildman–Crippen MR) is 47.9 cm³/mol. The van der Waals surface area contributed by atoms with Crippen LogP contribution in [0.25, 0.3) is 0 Å². The summed E-state index contributed by atoms with van der Waals surface area (Å²) in [6.07, 6.45) is 3.63. The van der Waals surface area contributed by atoms with Crippen LogP contribution >= 0.6 is 0 Å². The van der Waals surface area contributed by atoms with Gasteiger partial charge in [0.25, 0.3) is 0 Å². The minimum atomic E-state index is 0.385. The average Bonchev–Trinajstić information content (AvgIpc) is 2.03. The number of fused-ring (bicyclic) bond motifs is 2. The summed E-state index contributed by atoms with van der Waals surface area (Å²) < 4.78 is 0. The molecule has 2 aliphatic rings. The Balaban J connectivity index is 2.00. The fourth-order valence-electron chi connectivity index (χ4n) is 2.72. The highest BCUT2D eigenvalue weighted by atomic mass is 16.1. The number of piperidine rings is 1. The largest absolute Gasteiger partial charge is 0.316 e. The van der Waals surface area contributed by atoms with Gasteiger partial charge in [0.1, 0.15) is 5.78 Å². The van der Waals surface area contributed by atoms with Gasteiger partial charge in [0, 0.05) is 5.92 Å². The van der Waals surface area contributed by atoms with E-state index in [0.29, 0.717) is 11.7 Å². The molecule has 1 saturated heterocycles. The van der Waals surface area contributed by atoms with Crippen LogP contribution in [-0.4, -0.2) is 18.9 Å². The third kappa shape index (κ3) is 1.53. The zero-order valence-corrected chi connectivity index (χ0v) is 7.68.